The molecule has 0 aliphatic heterocycles. The van der Waals surface area contributed by atoms with E-state index in [1.54, 1.807) is 13.2 Å². The van der Waals surface area contributed by atoms with Gasteiger partial charge in [0.05, 0.1) is 19.8 Å². The van der Waals surface area contributed by atoms with E-state index < -0.39 is 6.10 Å². The SMILES string of the molecule is CCNCc1cc(Cl)ccc1OCC(O)COCCOC. The molecule has 0 bridgehead atoms. The Balaban J connectivity index is 2.42. The van der Waals surface area contributed by atoms with Crippen molar-refractivity contribution in [2.75, 3.05) is 40.1 Å². The van der Waals surface area contributed by atoms with Gasteiger partial charge in [0.25, 0.3) is 0 Å². The Morgan fingerprint density at radius 3 is 2.81 bits per heavy atom. The number of ether oxygens (including phenoxy) is 3. The minimum atomic E-state index is -0.676. The van der Waals surface area contributed by atoms with E-state index in [0.29, 0.717) is 24.8 Å². The largest absolute Gasteiger partial charge is 0.490 e. The number of aliphatic hydroxyl groups excluding tert-OH is 1. The molecule has 1 rings (SSSR count). The maximum absolute atomic E-state index is 9.80. The van der Waals surface area contributed by atoms with Gasteiger partial charge in [0.1, 0.15) is 18.5 Å². The van der Waals surface area contributed by atoms with Crippen LogP contribution in [0.4, 0.5) is 0 Å². The van der Waals surface area contributed by atoms with Crippen LogP contribution in [0.25, 0.3) is 0 Å². The number of rotatable bonds is 11. The van der Waals surface area contributed by atoms with Gasteiger partial charge in [0, 0.05) is 24.2 Å². The summed E-state index contributed by atoms with van der Waals surface area (Å²) in [4.78, 5) is 0. The van der Waals surface area contributed by atoms with Gasteiger partial charge in [-0.2, -0.15) is 0 Å². The summed E-state index contributed by atoms with van der Waals surface area (Å²) in [6.07, 6.45) is -0.676. The van der Waals surface area contributed by atoms with Gasteiger partial charge in [-0.15, -0.1) is 0 Å². The van der Waals surface area contributed by atoms with Crippen LogP contribution in [0.1, 0.15) is 12.5 Å². The summed E-state index contributed by atoms with van der Waals surface area (Å²) >= 11 is 5.99. The normalized spacial score (nSPS) is 12.4. The van der Waals surface area contributed by atoms with E-state index in [9.17, 15) is 5.11 Å². The van der Waals surface area contributed by atoms with E-state index in [-0.39, 0.29) is 13.2 Å². The highest BCUT2D eigenvalue weighted by Gasteiger charge is 2.09. The van der Waals surface area contributed by atoms with Crippen LogP contribution in [-0.4, -0.2) is 51.3 Å². The fourth-order valence-electron chi connectivity index (χ4n) is 1.68. The molecule has 0 amide bonds. The van der Waals surface area contributed by atoms with Gasteiger partial charge >= 0.3 is 0 Å². The molecule has 1 unspecified atom stereocenters. The summed E-state index contributed by atoms with van der Waals surface area (Å²) in [7, 11) is 1.61. The number of halogens is 1. The number of aliphatic hydroxyl groups is 1. The van der Waals surface area contributed by atoms with Crippen LogP contribution in [0, 0.1) is 0 Å². The van der Waals surface area contributed by atoms with Crippen molar-refractivity contribution in [2.45, 2.75) is 19.6 Å². The highest BCUT2D eigenvalue weighted by molar-refractivity contribution is 6.30. The van der Waals surface area contributed by atoms with E-state index in [2.05, 4.69) is 5.32 Å². The first-order chi connectivity index (χ1) is 10.2. The van der Waals surface area contributed by atoms with E-state index in [1.165, 1.54) is 0 Å². The highest BCUT2D eigenvalue weighted by atomic mass is 35.5. The van der Waals surface area contributed by atoms with Gasteiger partial charge in [-0.1, -0.05) is 18.5 Å². The molecule has 1 aromatic rings. The molecule has 0 saturated heterocycles. The van der Waals surface area contributed by atoms with Crippen LogP contribution in [0.3, 0.4) is 0 Å². The van der Waals surface area contributed by atoms with Crippen LogP contribution >= 0.6 is 11.6 Å². The molecular formula is C15H24ClNO4. The zero-order chi connectivity index (χ0) is 15.5. The molecule has 6 heteroatoms. The lowest BCUT2D eigenvalue weighted by Crippen LogP contribution is -2.25. The molecule has 0 spiro atoms. The van der Waals surface area contributed by atoms with Crippen molar-refractivity contribution in [1.82, 2.24) is 5.32 Å². The van der Waals surface area contributed by atoms with E-state index in [1.807, 2.05) is 19.1 Å². The maximum Gasteiger partial charge on any atom is 0.124 e. The van der Waals surface area contributed by atoms with Gasteiger partial charge < -0.3 is 24.6 Å². The molecule has 0 fully saturated rings. The Kier molecular flexibility index (Phi) is 9.37. The molecular weight excluding hydrogens is 294 g/mol. The third-order valence-corrected chi connectivity index (χ3v) is 3.00. The Morgan fingerprint density at radius 1 is 1.29 bits per heavy atom. The molecule has 1 atom stereocenters. The smallest absolute Gasteiger partial charge is 0.124 e. The van der Waals surface area contributed by atoms with Crippen molar-refractivity contribution in [3.05, 3.63) is 28.8 Å². The minimum absolute atomic E-state index is 0.174. The first-order valence-electron chi connectivity index (χ1n) is 7.04. The Morgan fingerprint density at radius 2 is 2.10 bits per heavy atom. The van der Waals surface area contributed by atoms with Crippen molar-refractivity contribution < 1.29 is 19.3 Å². The molecule has 0 aliphatic carbocycles. The Labute approximate surface area is 131 Å². The molecule has 21 heavy (non-hydrogen) atoms. The highest BCUT2D eigenvalue weighted by Crippen LogP contribution is 2.23. The quantitative estimate of drug-likeness (QED) is 0.610. The molecule has 0 saturated carbocycles. The Hall–Kier alpha value is -0.850. The van der Waals surface area contributed by atoms with Crippen molar-refractivity contribution in [1.29, 1.82) is 0 Å². The average molecular weight is 318 g/mol. The summed E-state index contributed by atoms with van der Waals surface area (Å²) in [5.41, 5.74) is 0.969. The van der Waals surface area contributed by atoms with Gasteiger partial charge in [0.2, 0.25) is 0 Å². The van der Waals surface area contributed by atoms with Gasteiger partial charge in [-0.05, 0) is 24.7 Å². The van der Waals surface area contributed by atoms with Gasteiger partial charge in [-0.25, -0.2) is 0 Å². The van der Waals surface area contributed by atoms with Gasteiger partial charge in [0.15, 0.2) is 0 Å². The summed E-state index contributed by atoms with van der Waals surface area (Å²) in [6.45, 7) is 4.94. The van der Waals surface area contributed by atoms with Crippen molar-refractivity contribution >= 4 is 11.6 Å². The fraction of sp³-hybridized carbons (Fsp3) is 0.600. The van der Waals surface area contributed by atoms with Crippen molar-refractivity contribution in [3.8, 4) is 5.75 Å². The average Bonchev–Trinajstić information content (AvgIpc) is 2.48. The van der Waals surface area contributed by atoms with Crippen LogP contribution in [0.15, 0.2) is 18.2 Å². The van der Waals surface area contributed by atoms with Crippen LogP contribution in [0.2, 0.25) is 5.02 Å². The molecule has 0 aromatic heterocycles. The van der Waals surface area contributed by atoms with E-state index in [0.717, 1.165) is 17.9 Å². The van der Waals surface area contributed by atoms with Crippen LogP contribution < -0.4 is 10.1 Å². The van der Waals surface area contributed by atoms with Crippen molar-refractivity contribution in [3.63, 3.8) is 0 Å². The summed E-state index contributed by atoms with van der Waals surface area (Å²) in [5, 5.41) is 13.7. The third kappa shape index (κ3) is 7.64. The molecule has 0 aliphatic rings. The summed E-state index contributed by atoms with van der Waals surface area (Å²) in [6, 6.07) is 5.45. The topological polar surface area (TPSA) is 60.0 Å². The lowest BCUT2D eigenvalue weighted by atomic mass is 10.2. The lowest BCUT2D eigenvalue weighted by Gasteiger charge is -2.15. The second-order valence-corrected chi connectivity index (χ2v) is 5.00. The van der Waals surface area contributed by atoms with Crippen LogP contribution in [-0.2, 0) is 16.0 Å². The monoisotopic (exact) mass is 317 g/mol. The second kappa shape index (κ2) is 10.8. The molecule has 5 nitrogen and oxygen atoms in total. The van der Waals surface area contributed by atoms with Crippen LogP contribution in [0.5, 0.6) is 5.75 Å². The molecule has 0 radical (unpaired) electrons. The summed E-state index contributed by atoms with van der Waals surface area (Å²) < 4.78 is 15.8. The fourth-order valence-corrected chi connectivity index (χ4v) is 1.88. The molecule has 0 heterocycles. The van der Waals surface area contributed by atoms with Crippen molar-refractivity contribution in [2.24, 2.45) is 0 Å². The first-order valence-corrected chi connectivity index (χ1v) is 7.41. The second-order valence-electron chi connectivity index (χ2n) is 4.56. The third-order valence-electron chi connectivity index (χ3n) is 2.76. The summed E-state index contributed by atoms with van der Waals surface area (Å²) in [5.74, 6) is 0.719. The predicted molar refractivity (Wildman–Crippen MR) is 83.0 cm³/mol. The Bertz CT molecular complexity index is 403. The lowest BCUT2D eigenvalue weighted by molar-refractivity contribution is -0.00432. The molecule has 120 valence electrons. The zero-order valence-corrected chi connectivity index (χ0v) is 13.4. The maximum atomic E-state index is 9.80. The zero-order valence-electron chi connectivity index (χ0n) is 12.6. The number of methoxy groups -OCH3 is 1. The number of nitrogens with one attached hydrogen (secondary N) is 1. The molecule has 1 aromatic carbocycles. The number of hydrogen-bond acceptors (Lipinski definition) is 5. The minimum Gasteiger partial charge on any atom is -0.490 e. The van der Waals surface area contributed by atoms with E-state index in [4.69, 9.17) is 25.8 Å². The first kappa shape index (κ1) is 18.2. The number of hydrogen-bond donors (Lipinski definition) is 2. The number of benzene rings is 1. The predicted octanol–water partition coefficient (Wildman–Crippen LogP) is 1.85. The van der Waals surface area contributed by atoms with Gasteiger partial charge in [-0.3, -0.25) is 0 Å². The van der Waals surface area contributed by atoms with E-state index >= 15 is 0 Å². The standard InChI is InChI=1S/C15H24ClNO4/c1-3-17-9-12-8-13(16)4-5-15(12)21-11-14(18)10-20-7-6-19-2/h4-5,8,14,17-18H,3,6-7,9-11H2,1-2H3. The molecule has 2 N–H and O–H groups in total.